The zero-order valence-electron chi connectivity index (χ0n) is 8.51. The average molecular weight is 230 g/mol. The fraction of sp³-hybridized carbons (Fsp3) is 0.400. The van der Waals surface area contributed by atoms with E-state index in [0.29, 0.717) is 0 Å². The lowest BCUT2D eigenvalue weighted by Gasteiger charge is -2.20. The van der Waals surface area contributed by atoms with Crippen LogP contribution >= 0.6 is 0 Å². The number of hydrogen-bond acceptors (Lipinski definition) is 3. The molecule has 1 heterocycles. The first-order chi connectivity index (χ1) is 7.65. The Morgan fingerprint density at radius 2 is 2.31 bits per heavy atom. The highest BCUT2D eigenvalue weighted by atomic mass is 19.3. The van der Waals surface area contributed by atoms with Gasteiger partial charge in [0.05, 0.1) is 18.7 Å². The van der Waals surface area contributed by atoms with Crippen molar-refractivity contribution in [3.05, 3.63) is 30.1 Å². The minimum Gasteiger partial charge on any atom is -0.395 e. The van der Waals surface area contributed by atoms with Gasteiger partial charge < -0.3 is 10.0 Å². The van der Waals surface area contributed by atoms with E-state index in [9.17, 15) is 13.6 Å². The van der Waals surface area contributed by atoms with Gasteiger partial charge in [0, 0.05) is 18.9 Å². The third kappa shape index (κ3) is 3.54. The van der Waals surface area contributed by atoms with E-state index in [4.69, 9.17) is 5.11 Å². The van der Waals surface area contributed by atoms with E-state index < -0.39 is 18.9 Å². The van der Waals surface area contributed by atoms with Gasteiger partial charge in [-0.2, -0.15) is 0 Å². The fourth-order valence-corrected chi connectivity index (χ4v) is 1.23. The molecule has 0 saturated carbocycles. The van der Waals surface area contributed by atoms with Gasteiger partial charge in [-0.15, -0.1) is 0 Å². The second-order valence-electron chi connectivity index (χ2n) is 3.11. The number of amides is 1. The Kier molecular flexibility index (Phi) is 4.78. The van der Waals surface area contributed by atoms with Crippen LogP contribution in [0.4, 0.5) is 8.78 Å². The lowest BCUT2D eigenvalue weighted by molar-refractivity contribution is 0.0509. The smallest absolute Gasteiger partial charge is 0.255 e. The molecule has 1 rings (SSSR count). The molecule has 0 spiro atoms. The number of rotatable bonds is 5. The maximum atomic E-state index is 12.2. The molecule has 0 saturated heterocycles. The summed E-state index contributed by atoms with van der Waals surface area (Å²) in [7, 11) is 0. The van der Waals surface area contributed by atoms with Gasteiger partial charge in [0.1, 0.15) is 0 Å². The molecule has 0 aromatic carbocycles. The Morgan fingerprint density at radius 3 is 2.81 bits per heavy atom. The van der Waals surface area contributed by atoms with Gasteiger partial charge >= 0.3 is 0 Å². The van der Waals surface area contributed by atoms with Crippen LogP contribution < -0.4 is 0 Å². The number of nitrogens with zero attached hydrogens (tertiary/aromatic N) is 2. The van der Waals surface area contributed by atoms with Crippen molar-refractivity contribution in [1.29, 1.82) is 0 Å². The summed E-state index contributed by atoms with van der Waals surface area (Å²) in [4.78, 5) is 16.3. The number of carbonyl (C=O) groups is 1. The molecule has 0 fully saturated rings. The summed E-state index contributed by atoms with van der Waals surface area (Å²) in [6.45, 7) is -1.15. The number of carbonyl (C=O) groups excluding carboxylic acids is 1. The minimum absolute atomic E-state index is 0.113. The molecule has 0 bridgehead atoms. The number of aliphatic hydroxyl groups excluding tert-OH is 1. The maximum Gasteiger partial charge on any atom is 0.255 e. The standard InChI is InChI=1S/C10H12F2N2O2/c11-9(12)7-14(4-5-15)10(16)8-2-1-3-13-6-8/h1-3,6,9,15H,4-5,7H2. The van der Waals surface area contributed by atoms with Crippen LogP contribution in [-0.2, 0) is 0 Å². The molecular weight excluding hydrogens is 218 g/mol. The molecule has 1 aromatic rings. The predicted octanol–water partition coefficient (Wildman–Crippen LogP) is 0.781. The molecule has 1 aromatic heterocycles. The molecule has 0 aliphatic rings. The number of aromatic nitrogens is 1. The Morgan fingerprint density at radius 1 is 1.56 bits per heavy atom. The van der Waals surface area contributed by atoms with Crippen molar-refractivity contribution >= 4 is 5.91 Å². The van der Waals surface area contributed by atoms with Gasteiger partial charge in [-0.25, -0.2) is 8.78 Å². The topological polar surface area (TPSA) is 53.4 Å². The third-order valence-corrected chi connectivity index (χ3v) is 1.92. The van der Waals surface area contributed by atoms with Crippen molar-refractivity contribution in [3.63, 3.8) is 0 Å². The van der Waals surface area contributed by atoms with Gasteiger partial charge in [-0.1, -0.05) is 0 Å². The summed E-state index contributed by atoms with van der Waals surface area (Å²) >= 11 is 0. The van der Waals surface area contributed by atoms with Gasteiger partial charge in [0.15, 0.2) is 0 Å². The van der Waals surface area contributed by atoms with Crippen molar-refractivity contribution in [3.8, 4) is 0 Å². The van der Waals surface area contributed by atoms with Gasteiger partial charge in [0.2, 0.25) is 0 Å². The molecule has 1 N–H and O–H groups in total. The van der Waals surface area contributed by atoms with Crippen LogP contribution in [0, 0.1) is 0 Å². The first kappa shape index (κ1) is 12.5. The third-order valence-electron chi connectivity index (χ3n) is 1.92. The van der Waals surface area contributed by atoms with Crippen LogP contribution in [0.15, 0.2) is 24.5 Å². The molecule has 0 aliphatic heterocycles. The second-order valence-corrected chi connectivity index (χ2v) is 3.11. The second kappa shape index (κ2) is 6.12. The monoisotopic (exact) mass is 230 g/mol. The summed E-state index contributed by atoms with van der Waals surface area (Å²) in [5.41, 5.74) is 0.233. The van der Waals surface area contributed by atoms with Crippen molar-refractivity contribution in [2.24, 2.45) is 0 Å². The maximum absolute atomic E-state index is 12.2. The molecule has 0 aliphatic carbocycles. The molecule has 0 atom stereocenters. The zero-order chi connectivity index (χ0) is 12.0. The molecular formula is C10H12F2N2O2. The first-order valence-corrected chi connectivity index (χ1v) is 4.73. The van der Waals surface area contributed by atoms with E-state index in [-0.39, 0.29) is 18.7 Å². The van der Waals surface area contributed by atoms with Crippen molar-refractivity contribution in [1.82, 2.24) is 9.88 Å². The summed E-state index contributed by atoms with van der Waals surface area (Å²) < 4.78 is 24.4. The lowest BCUT2D eigenvalue weighted by atomic mass is 10.2. The number of pyridine rings is 1. The van der Waals surface area contributed by atoms with Crippen molar-refractivity contribution in [2.75, 3.05) is 19.7 Å². The molecule has 0 radical (unpaired) electrons. The molecule has 4 nitrogen and oxygen atoms in total. The van der Waals surface area contributed by atoms with Crippen LogP contribution in [-0.4, -0.2) is 47.0 Å². The van der Waals surface area contributed by atoms with Crippen molar-refractivity contribution in [2.45, 2.75) is 6.43 Å². The molecule has 88 valence electrons. The Balaban J connectivity index is 2.74. The fourth-order valence-electron chi connectivity index (χ4n) is 1.23. The first-order valence-electron chi connectivity index (χ1n) is 4.73. The summed E-state index contributed by atoms with van der Waals surface area (Å²) in [5.74, 6) is -0.553. The number of aliphatic hydroxyl groups is 1. The normalized spacial score (nSPS) is 10.5. The minimum atomic E-state index is -2.62. The van der Waals surface area contributed by atoms with E-state index in [1.807, 2.05) is 0 Å². The van der Waals surface area contributed by atoms with Crippen LogP contribution in [0.1, 0.15) is 10.4 Å². The SMILES string of the molecule is O=C(c1cccnc1)N(CCO)CC(F)F. The van der Waals surface area contributed by atoms with Gasteiger partial charge in [-0.05, 0) is 12.1 Å². The van der Waals surface area contributed by atoms with Gasteiger partial charge in [0.25, 0.3) is 12.3 Å². The Hall–Kier alpha value is -1.56. The summed E-state index contributed by atoms with van der Waals surface area (Å²) in [6.07, 6.45) is 0.172. The predicted molar refractivity (Wildman–Crippen MR) is 53.2 cm³/mol. The highest BCUT2D eigenvalue weighted by molar-refractivity contribution is 5.93. The highest BCUT2D eigenvalue weighted by Gasteiger charge is 2.19. The van der Waals surface area contributed by atoms with Gasteiger partial charge in [-0.3, -0.25) is 9.78 Å². The molecule has 6 heteroatoms. The van der Waals surface area contributed by atoms with E-state index in [2.05, 4.69) is 4.98 Å². The van der Waals surface area contributed by atoms with Crippen LogP contribution in [0.2, 0.25) is 0 Å². The van der Waals surface area contributed by atoms with E-state index in [1.54, 1.807) is 6.07 Å². The number of alkyl halides is 2. The van der Waals surface area contributed by atoms with E-state index >= 15 is 0 Å². The Labute approximate surface area is 91.5 Å². The molecule has 1 amide bonds. The largest absolute Gasteiger partial charge is 0.395 e. The van der Waals surface area contributed by atoms with E-state index in [0.717, 1.165) is 4.90 Å². The van der Waals surface area contributed by atoms with Crippen molar-refractivity contribution < 1.29 is 18.7 Å². The number of hydrogen-bond donors (Lipinski definition) is 1. The average Bonchev–Trinajstić information content (AvgIpc) is 2.28. The molecule has 0 unspecified atom stereocenters. The van der Waals surface area contributed by atoms with Crippen LogP contribution in [0.3, 0.4) is 0 Å². The highest BCUT2D eigenvalue weighted by Crippen LogP contribution is 2.05. The quantitative estimate of drug-likeness (QED) is 0.813. The summed E-state index contributed by atoms with van der Waals surface area (Å²) in [6, 6.07) is 3.04. The number of halogens is 2. The Bertz CT molecular complexity index is 333. The zero-order valence-corrected chi connectivity index (χ0v) is 8.51. The summed E-state index contributed by atoms with van der Waals surface area (Å²) in [5, 5.41) is 8.69. The van der Waals surface area contributed by atoms with Crippen LogP contribution in [0.25, 0.3) is 0 Å². The lowest BCUT2D eigenvalue weighted by Crippen LogP contribution is -2.37. The van der Waals surface area contributed by atoms with E-state index in [1.165, 1.54) is 18.5 Å². The van der Waals surface area contributed by atoms with Crippen LogP contribution in [0.5, 0.6) is 0 Å². The molecule has 16 heavy (non-hydrogen) atoms.